The third kappa shape index (κ3) is 3.07. The predicted octanol–water partition coefficient (Wildman–Crippen LogP) is 2.65. The Labute approximate surface area is 135 Å². The van der Waals surface area contributed by atoms with Crippen LogP contribution in [0.15, 0.2) is 39.8 Å². The molecule has 0 saturated carbocycles. The number of benzene rings is 1. The fraction of sp³-hybridized carbons (Fsp3) is 0.375. The summed E-state index contributed by atoms with van der Waals surface area (Å²) in [5.74, 6) is 1.72. The maximum atomic E-state index is 12.7. The van der Waals surface area contributed by atoms with Crippen molar-refractivity contribution >= 4 is 10.0 Å². The van der Waals surface area contributed by atoms with Crippen LogP contribution in [0.3, 0.4) is 0 Å². The van der Waals surface area contributed by atoms with Gasteiger partial charge in [0.1, 0.15) is 5.76 Å². The molecule has 1 aromatic carbocycles. The highest BCUT2D eigenvalue weighted by Crippen LogP contribution is 2.33. The number of sulfonamides is 1. The lowest BCUT2D eigenvalue weighted by Gasteiger charge is -2.22. The highest BCUT2D eigenvalue weighted by Gasteiger charge is 2.28. The molecule has 0 bridgehead atoms. The van der Waals surface area contributed by atoms with E-state index in [0.717, 1.165) is 30.6 Å². The Bertz CT molecular complexity index is 797. The number of hydrogen-bond donors (Lipinski definition) is 1. The summed E-state index contributed by atoms with van der Waals surface area (Å²) in [7, 11) is -0.686. The van der Waals surface area contributed by atoms with Gasteiger partial charge < -0.3 is 13.9 Å². The summed E-state index contributed by atoms with van der Waals surface area (Å²) in [6.07, 6.45) is 4.09. The second-order valence-electron chi connectivity index (χ2n) is 5.38. The molecular formula is C16H19NO5S. The lowest BCUT2D eigenvalue weighted by atomic mass is 9.94. The zero-order valence-electron chi connectivity index (χ0n) is 13.0. The Kier molecular flexibility index (Phi) is 4.32. The number of furan rings is 1. The zero-order chi connectivity index (χ0) is 16.4. The summed E-state index contributed by atoms with van der Waals surface area (Å²) < 4.78 is 43.8. The Balaban J connectivity index is 1.89. The Morgan fingerprint density at radius 1 is 1.17 bits per heavy atom. The molecule has 23 heavy (non-hydrogen) atoms. The van der Waals surface area contributed by atoms with E-state index >= 15 is 0 Å². The maximum Gasteiger partial charge on any atom is 0.241 e. The smallest absolute Gasteiger partial charge is 0.241 e. The first-order valence-corrected chi connectivity index (χ1v) is 8.84. The van der Waals surface area contributed by atoms with Crippen LogP contribution in [-0.4, -0.2) is 22.6 Å². The van der Waals surface area contributed by atoms with Gasteiger partial charge in [-0.1, -0.05) is 0 Å². The third-order valence-corrected chi connectivity index (χ3v) is 5.48. The van der Waals surface area contributed by atoms with Crippen LogP contribution >= 0.6 is 0 Å². The van der Waals surface area contributed by atoms with Crippen LogP contribution in [0.4, 0.5) is 0 Å². The molecule has 0 saturated heterocycles. The zero-order valence-corrected chi connectivity index (χ0v) is 13.9. The summed E-state index contributed by atoms with van der Waals surface area (Å²) in [4.78, 5) is 0.144. The van der Waals surface area contributed by atoms with Crippen molar-refractivity contribution in [1.29, 1.82) is 0 Å². The summed E-state index contributed by atoms with van der Waals surface area (Å²) in [5.41, 5.74) is 0.917. The average Bonchev–Trinajstić information content (AvgIpc) is 3.03. The van der Waals surface area contributed by atoms with E-state index in [1.165, 1.54) is 26.4 Å². The molecule has 7 heteroatoms. The van der Waals surface area contributed by atoms with Gasteiger partial charge >= 0.3 is 0 Å². The van der Waals surface area contributed by atoms with Gasteiger partial charge in [0, 0.05) is 18.1 Å². The van der Waals surface area contributed by atoms with Gasteiger partial charge in [0.25, 0.3) is 0 Å². The molecule has 6 nitrogen and oxygen atoms in total. The van der Waals surface area contributed by atoms with Gasteiger partial charge in [0.2, 0.25) is 10.0 Å². The van der Waals surface area contributed by atoms with Crippen LogP contribution in [0, 0.1) is 0 Å². The minimum atomic E-state index is -3.67. The van der Waals surface area contributed by atoms with Crippen LogP contribution < -0.4 is 14.2 Å². The molecule has 0 fully saturated rings. The van der Waals surface area contributed by atoms with Crippen molar-refractivity contribution in [1.82, 2.24) is 4.72 Å². The van der Waals surface area contributed by atoms with Crippen molar-refractivity contribution in [2.45, 2.75) is 30.2 Å². The van der Waals surface area contributed by atoms with E-state index < -0.39 is 10.0 Å². The first kappa shape index (κ1) is 15.9. The number of ether oxygens (including phenoxy) is 2. The van der Waals surface area contributed by atoms with Crippen molar-refractivity contribution in [3.05, 3.63) is 41.9 Å². The van der Waals surface area contributed by atoms with Crippen molar-refractivity contribution in [3.8, 4) is 11.5 Å². The van der Waals surface area contributed by atoms with Gasteiger partial charge in [-0.2, -0.15) is 0 Å². The van der Waals surface area contributed by atoms with Gasteiger partial charge in [-0.15, -0.1) is 0 Å². The number of nitrogens with one attached hydrogen (secondary N) is 1. The quantitative estimate of drug-likeness (QED) is 0.907. The molecular weight excluding hydrogens is 318 g/mol. The molecule has 1 N–H and O–H groups in total. The molecule has 0 radical (unpaired) electrons. The monoisotopic (exact) mass is 337 g/mol. The minimum absolute atomic E-state index is 0.144. The van der Waals surface area contributed by atoms with Crippen molar-refractivity contribution < 1.29 is 22.3 Å². The number of fused-ring (bicyclic) bond motifs is 1. The van der Waals surface area contributed by atoms with E-state index in [-0.39, 0.29) is 10.9 Å². The molecule has 0 unspecified atom stereocenters. The van der Waals surface area contributed by atoms with E-state index in [1.54, 1.807) is 12.3 Å². The normalized spacial score (nSPS) is 17.6. The lowest BCUT2D eigenvalue weighted by molar-refractivity contribution is 0.354. The van der Waals surface area contributed by atoms with Crippen LogP contribution in [-0.2, 0) is 16.4 Å². The predicted molar refractivity (Wildman–Crippen MR) is 84.3 cm³/mol. The third-order valence-electron chi connectivity index (χ3n) is 4.01. The highest BCUT2D eigenvalue weighted by atomic mass is 32.2. The fourth-order valence-corrected chi connectivity index (χ4v) is 4.11. The van der Waals surface area contributed by atoms with Crippen molar-refractivity contribution in [3.63, 3.8) is 0 Å². The molecule has 1 aliphatic rings. The molecule has 1 atom stereocenters. The maximum absolute atomic E-state index is 12.7. The van der Waals surface area contributed by atoms with Gasteiger partial charge in [0.05, 0.1) is 31.4 Å². The average molecular weight is 337 g/mol. The molecule has 0 aliphatic heterocycles. The summed E-state index contributed by atoms with van der Waals surface area (Å²) in [5, 5.41) is 0. The molecule has 1 aromatic heterocycles. The standard InChI is InChI=1S/C16H19NO5S/c1-20-15-7-6-11(10-16(15)21-2)23(18,19)17-13-4-3-5-14-12(13)8-9-22-14/h6-10,13,17H,3-5H2,1-2H3/t13-/m1/s1. The van der Waals surface area contributed by atoms with Gasteiger partial charge in [-0.25, -0.2) is 13.1 Å². The largest absolute Gasteiger partial charge is 0.493 e. The Morgan fingerprint density at radius 2 is 1.96 bits per heavy atom. The fourth-order valence-electron chi connectivity index (χ4n) is 2.85. The van der Waals surface area contributed by atoms with E-state index in [0.29, 0.717) is 11.5 Å². The van der Waals surface area contributed by atoms with Crippen LogP contribution in [0.2, 0.25) is 0 Å². The van der Waals surface area contributed by atoms with E-state index in [9.17, 15) is 8.42 Å². The van der Waals surface area contributed by atoms with Crippen molar-refractivity contribution in [2.75, 3.05) is 14.2 Å². The summed E-state index contributed by atoms with van der Waals surface area (Å²) >= 11 is 0. The number of hydrogen-bond acceptors (Lipinski definition) is 5. The second-order valence-corrected chi connectivity index (χ2v) is 7.10. The van der Waals surface area contributed by atoms with Crippen LogP contribution in [0.5, 0.6) is 11.5 Å². The minimum Gasteiger partial charge on any atom is -0.493 e. The first-order valence-electron chi connectivity index (χ1n) is 7.36. The van der Waals surface area contributed by atoms with Gasteiger partial charge in [-0.05, 0) is 31.0 Å². The van der Waals surface area contributed by atoms with E-state index in [4.69, 9.17) is 13.9 Å². The lowest BCUT2D eigenvalue weighted by Crippen LogP contribution is -2.30. The molecule has 0 amide bonds. The van der Waals surface area contributed by atoms with Gasteiger partial charge in [0.15, 0.2) is 11.5 Å². The summed E-state index contributed by atoms with van der Waals surface area (Å²) in [6.45, 7) is 0. The second kappa shape index (κ2) is 6.25. The Hall–Kier alpha value is -1.99. The molecule has 2 aromatic rings. The SMILES string of the molecule is COc1ccc(S(=O)(=O)N[C@@H]2CCCc3occc32)cc1OC. The number of methoxy groups -OCH3 is 2. The molecule has 0 spiro atoms. The molecule has 1 aliphatic carbocycles. The first-order chi connectivity index (χ1) is 11.0. The van der Waals surface area contributed by atoms with Crippen molar-refractivity contribution in [2.24, 2.45) is 0 Å². The molecule has 1 heterocycles. The number of rotatable bonds is 5. The molecule has 124 valence electrons. The highest BCUT2D eigenvalue weighted by molar-refractivity contribution is 7.89. The van der Waals surface area contributed by atoms with Gasteiger partial charge in [-0.3, -0.25) is 0 Å². The Morgan fingerprint density at radius 3 is 2.70 bits per heavy atom. The van der Waals surface area contributed by atoms with E-state index in [2.05, 4.69) is 4.72 Å². The van der Waals surface area contributed by atoms with Crippen LogP contribution in [0.25, 0.3) is 0 Å². The van der Waals surface area contributed by atoms with Crippen LogP contribution in [0.1, 0.15) is 30.2 Å². The topological polar surface area (TPSA) is 77.8 Å². The molecule has 3 rings (SSSR count). The van der Waals surface area contributed by atoms with E-state index in [1.807, 2.05) is 6.07 Å². The summed E-state index contributed by atoms with van der Waals surface area (Å²) in [6, 6.07) is 6.10. The number of aryl methyl sites for hydroxylation is 1.